The lowest BCUT2D eigenvalue weighted by atomic mass is 9.43. The molecule has 0 saturated heterocycles. The zero-order valence-corrected chi connectivity index (χ0v) is 27.9. The van der Waals surface area contributed by atoms with E-state index in [9.17, 15) is 0 Å². The molecule has 5 aromatic carbocycles. The predicted molar refractivity (Wildman–Crippen MR) is 195 cm³/mol. The number of imidazole rings is 1. The third-order valence-corrected chi connectivity index (χ3v) is 11.0. The van der Waals surface area contributed by atoms with Crippen LogP contribution in [0.1, 0.15) is 37.3 Å². The van der Waals surface area contributed by atoms with Gasteiger partial charge in [0.2, 0.25) is 6.71 Å². The molecule has 0 atom stereocenters. The molecule has 45 heavy (non-hydrogen) atoms. The number of benzene rings is 5. The molecule has 6 rings (SSSR count). The van der Waals surface area contributed by atoms with Crippen LogP contribution in [0, 0.1) is 0 Å². The summed E-state index contributed by atoms with van der Waals surface area (Å²) in [6.07, 6.45) is 9.45. The van der Waals surface area contributed by atoms with Crippen molar-refractivity contribution in [2.45, 2.75) is 38.2 Å². The van der Waals surface area contributed by atoms with Gasteiger partial charge >= 0.3 is 0 Å². The van der Waals surface area contributed by atoms with E-state index in [1.165, 1.54) is 40.1 Å². The van der Waals surface area contributed by atoms with Crippen LogP contribution in [0.3, 0.4) is 0 Å². The van der Waals surface area contributed by atoms with Gasteiger partial charge in [0.05, 0.1) is 27.6 Å². The molecule has 0 unspecified atom stereocenters. The Balaban J connectivity index is 0.000000238. The van der Waals surface area contributed by atoms with Gasteiger partial charge in [0, 0.05) is 12.4 Å². The predicted octanol–water partition coefficient (Wildman–Crippen LogP) is 6.62. The summed E-state index contributed by atoms with van der Waals surface area (Å²) in [6.45, 7) is 5.72. The van der Waals surface area contributed by atoms with Crippen LogP contribution in [0.4, 0.5) is 0 Å². The van der Waals surface area contributed by atoms with Crippen molar-refractivity contribution < 1.29 is 4.74 Å². The van der Waals surface area contributed by atoms with Crippen molar-refractivity contribution >= 4 is 32.3 Å². The highest BCUT2D eigenvalue weighted by Crippen LogP contribution is 2.33. The first kappa shape index (κ1) is 31.8. The van der Waals surface area contributed by atoms with E-state index in [1.54, 1.807) is 0 Å². The minimum absolute atomic E-state index is 0.264. The van der Waals surface area contributed by atoms with Gasteiger partial charge in [-0.2, -0.15) is 0 Å². The molecule has 5 heteroatoms. The number of rotatable bonds is 12. The lowest BCUT2D eigenvalue weighted by molar-refractivity contribution is 0.306. The van der Waals surface area contributed by atoms with E-state index in [4.69, 9.17) is 4.74 Å². The number of hydrogen-bond donors (Lipinski definition) is 0. The van der Waals surface area contributed by atoms with Crippen LogP contribution in [-0.4, -0.2) is 32.4 Å². The van der Waals surface area contributed by atoms with Gasteiger partial charge < -0.3 is 9.30 Å². The van der Waals surface area contributed by atoms with Gasteiger partial charge in [-0.3, -0.25) is 0 Å². The lowest BCUT2D eigenvalue weighted by Gasteiger charge is -2.37. The molecule has 0 bridgehead atoms. The Morgan fingerprint density at radius 3 is 1.76 bits per heavy atom. The molecule has 0 N–H and O–H groups in total. The van der Waals surface area contributed by atoms with E-state index in [1.807, 2.05) is 12.5 Å². The summed E-state index contributed by atoms with van der Waals surface area (Å²) in [7, 11) is -0.881. The maximum absolute atomic E-state index is 6.07. The van der Waals surface area contributed by atoms with Crippen LogP contribution < -0.4 is 20.8 Å². The second-order valence-electron chi connectivity index (χ2n) is 11.5. The van der Waals surface area contributed by atoms with Gasteiger partial charge in [-0.25, -0.2) is 4.98 Å². The number of unbranched alkanes of at least 4 members (excludes halogenated alkanes) is 2. The molecule has 1 aromatic heterocycles. The summed E-state index contributed by atoms with van der Waals surface area (Å²) in [4.78, 5) is 4.42. The van der Waals surface area contributed by atoms with Gasteiger partial charge in [0.1, 0.15) is 5.75 Å². The fourth-order valence-electron chi connectivity index (χ4n) is 5.93. The average molecular weight is 607 g/mol. The molecule has 0 saturated carbocycles. The first-order valence-electron chi connectivity index (χ1n) is 16.1. The van der Waals surface area contributed by atoms with Crippen LogP contribution in [0.2, 0.25) is 6.82 Å². The molecule has 3 nitrogen and oxygen atoms in total. The molecule has 0 amide bonds. The van der Waals surface area contributed by atoms with Gasteiger partial charge in [-0.15, -0.1) is 0 Å². The fourth-order valence-corrected chi connectivity index (χ4v) is 8.33. The van der Waals surface area contributed by atoms with Crippen LogP contribution in [-0.2, 0) is 5.16 Å². The number of aromatic nitrogens is 2. The summed E-state index contributed by atoms with van der Waals surface area (Å²) in [5.41, 5.74) is 5.33. The van der Waals surface area contributed by atoms with Gasteiger partial charge in [-0.1, -0.05) is 176 Å². The average Bonchev–Trinajstić information content (AvgIpc) is 3.67. The molecule has 0 radical (unpaired) electrons. The zero-order chi connectivity index (χ0) is 31.2. The molecular formula is C40H43BN2OSi. The van der Waals surface area contributed by atoms with E-state index in [-0.39, 0.29) is 5.16 Å². The maximum Gasteiger partial charge on any atom is 0.206 e. The Morgan fingerprint density at radius 1 is 0.689 bits per heavy atom. The smallest absolute Gasteiger partial charge is 0.206 e. The van der Waals surface area contributed by atoms with E-state index in [0.29, 0.717) is 6.71 Å². The molecule has 0 aliphatic rings. The Bertz CT molecular complexity index is 1580. The number of ether oxygens (including phenoxy) is 1. The monoisotopic (exact) mass is 606 g/mol. The van der Waals surface area contributed by atoms with Crippen molar-refractivity contribution in [3.05, 3.63) is 175 Å². The largest absolute Gasteiger partial charge is 0.494 e. The third kappa shape index (κ3) is 8.31. The highest BCUT2D eigenvalue weighted by atomic mass is 28.2. The Labute approximate surface area is 271 Å². The Kier molecular flexibility index (Phi) is 11.6. The highest BCUT2D eigenvalue weighted by molar-refractivity contribution is 6.84. The minimum atomic E-state index is -0.881. The first-order chi connectivity index (χ1) is 22.2. The van der Waals surface area contributed by atoms with E-state index < -0.39 is 9.52 Å². The first-order valence-corrected chi connectivity index (χ1v) is 17.5. The molecular weight excluding hydrogens is 563 g/mol. The topological polar surface area (TPSA) is 27.1 Å². The number of hydrogen-bond acceptors (Lipinski definition) is 2. The highest BCUT2D eigenvalue weighted by Gasteiger charge is 2.36. The third-order valence-electron chi connectivity index (χ3n) is 8.42. The molecule has 226 valence electrons. The summed E-state index contributed by atoms with van der Waals surface area (Å²) in [5.74, 6) is 0.974. The Morgan fingerprint density at radius 2 is 1.24 bits per heavy atom. The van der Waals surface area contributed by atoms with Crippen LogP contribution in [0.15, 0.2) is 164 Å². The standard InChI is InChI=1S/C27H30N2OSi.C13H13B/c1-2-3-10-20-30-25-16-11-17-26(21-25)31-27(29-19-18-28-22-29,23-12-6-4-7-13-23)24-14-8-5-9-15-24;1-14(12-8-4-2-5-9-12)13-10-6-3-7-11-13/h4-9,11-19,21-22H,2-3,10,20,31H2,1H3;2-11H,1H3. The van der Waals surface area contributed by atoms with E-state index in [0.717, 1.165) is 18.8 Å². The minimum Gasteiger partial charge on any atom is -0.494 e. The quantitative estimate of drug-likeness (QED) is 0.116. The van der Waals surface area contributed by atoms with Crippen LogP contribution in [0.25, 0.3) is 0 Å². The van der Waals surface area contributed by atoms with Gasteiger partial charge in [-0.05, 0) is 29.7 Å². The van der Waals surface area contributed by atoms with Gasteiger partial charge in [0.15, 0.2) is 0 Å². The molecule has 1 heterocycles. The van der Waals surface area contributed by atoms with Crippen molar-refractivity contribution in [2.75, 3.05) is 6.61 Å². The van der Waals surface area contributed by atoms with Crippen LogP contribution in [0.5, 0.6) is 5.75 Å². The van der Waals surface area contributed by atoms with E-state index in [2.05, 4.69) is 175 Å². The maximum atomic E-state index is 6.07. The molecule has 6 aromatic rings. The summed E-state index contributed by atoms with van der Waals surface area (Å²) in [6, 6.07) is 51.6. The Hall–Kier alpha value is -4.61. The SMILES string of the molecule is CB(c1ccccc1)c1ccccc1.CCCCCOc1cccc([SiH2]C(c2ccccc2)(c2ccccc2)n2ccnc2)c1. The van der Waals surface area contributed by atoms with Crippen molar-refractivity contribution in [2.24, 2.45) is 0 Å². The van der Waals surface area contributed by atoms with Gasteiger partial charge in [0.25, 0.3) is 0 Å². The second-order valence-corrected chi connectivity index (χ2v) is 13.7. The van der Waals surface area contributed by atoms with Crippen LogP contribution >= 0.6 is 0 Å². The normalized spacial score (nSPS) is 11.2. The van der Waals surface area contributed by atoms with Crippen molar-refractivity contribution in [1.29, 1.82) is 0 Å². The second kappa shape index (κ2) is 16.5. The molecule has 0 aliphatic carbocycles. The summed E-state index contributed by atoms with van der Waals surface area (Å²) in [5, 5.41) is 1.11. The lowest BCUT2D eigenvalue weighted by Crippen LogP contribution is -2.46. The van der Waals surface area contributed by atoms with E-state index >= 15 is 0 Å². The molecule has 0 fully saturated rings. The molecule has 0 aliphatic heterocycles. The zero-order valence-electron chi connectivity index (χ0n) is 26.5. The summed E-state index contributed by atoms with van der Waals surface area (Å²) < 4.78 is 8.36. The summed E-state index contributed by atoms with van der Waals surface area (Å²) >= 11 is 0. The van der Waals surface area contributed by atoms with Crippen molar-refractivity contribution in [3.8, 4) is 5.75 Å². The van der Waals surface area contributed by atoms with Crippen molar-refractivity contribution in [3.63, 3.8) is 0 Å². The molecule has 0 spiro atoms. The fraction of sp³-hybridized carbons (Fsp3) is 0.175. The number of nitrogens with zero attached hydrogens (tertiary/aromatic N) is 2. The van der Waals surface area contributed by atoms with Crippen molar-refractivity contribution in [1.82, 2.24) is 9.55 Å².